The largest absolute Gasteiger partial charge is 0.492 e. The molecule has 0 aromatic heterocycles. The van der Waals surface area contributed by atoms with Crippen molar-refractivity contribution in [2.24, 2.45) is 0 Å². The van der Waals surface area contributed by atoms with Crippen LogP contribution in [0.4, 0.5) is 4.79 Å². The second-order valence-corrected chi connectivity index (χ2v) is 17.3. The molecule has 2 atom stereocenters. The smallest absolute Gasteiger partial charge is 0.410 e. The molecule has 2 saturated heterocycles. The van der Waals surface area contributed by atoms with E-state index in [1.807, 2.05) is 0 Å². The molecule has 2 aliphatic rings. The van der Waals surface area contributed by atoms with E-state index in [4.69, 9.17) is 18.9 Å². The van der Waals surface area contributed by atoms with Gasteiger partial charge in [0, 0.05) is 23.6 Å². The molecule has 4 rings (SSSR count). The maximum atomic E-state index is 13.6. The molecule has 13 nitrogen and oxygen atoms in total. The van der Waals surface area contributed by atoms with Crippen molar-refractivity contribution in [3.63, 3.8) is 0 Å². The van der Waals surface area contributed by atoms with E-state index in [1.165, 1.54) is 40.5 Å². The van der Waals surface area contributed by atoms with Crippen LogP contribution in [0.2, 0.25) is 0 Å². The normalized spacial score (nSPS) is 19.3. The van der Waals surface area contributed by atoms with E-state index < -0.39 is 49.5 Å². The number of halogens is 1. The molecule has 16 heteroatoms. The summed E-state index contributed by atoms with van der Waals surface area (Å²) >= 11 is 3.37. The first kappa shape index (κ1) is 37.4. The van der Waals surface area contributed by atoms with Gasteiger partial charge in [0.25, 0.3) is 0 Å². The van der Waals surface area contributed by atoms with Crippen LogP contribution in [-0.2, 0) is 29.5 Å². The van der Waals surface area contributed by atoms with Gasteiger partial charge in [0.15, 0.2) is 0 Å². The highest BCUT2D eigenvalue weighted by Crippen LogP contribution is 2.40. The van der Waals surface area contributed by atoms with Gasteiger partial charge in [-0.1, -0.05) is 22.0 Å². The molecule has 2 aromatic carbocycles. The molecule has 2 N–H and O–H groups in total. The number of ether oxygens (including phenoxy) is 4. The van der Waals surface area contributed by atoms with E-state index in [1.54, 1.807) is 45.9 Å². The molecule has 1 spiro atoms. The predicted molar refractivity (Wildman–Crippen MR) is 178 cm³/mol. The van der Waals surface area contributed by atoms with Gasteiger partial charge in [0.05, 0.1) is 36.3 Å². The standard InChI is InChI=1S/C31H44BrN3O10S2/c1-6-42-27-16-22(32)10-11-28(27)47(40,41)34-14-12-31(13-15-34)18-23(20-44-31)35(29(37)45-30(2,3)4)19-24(36)21-43-25-8-7-9-26(17-25)46(38,39)33-5/h7-11,16-17,23-24,33,36H,6,12-15,18-21H2,1-5H3/t23-,24-/m0/s1. The summed E-state index contributed by atoms with van der Waals surface area (Å²) in [6, 6.07) is 10.3. The fraction of sp³-hybridized carbons (Fsp3) is 0.581. The average molecular weight is 763 g/mol. The first-order chi connectivity index (χ1) is 22.0. The molecule has 47 heavy (non-hydrogen) atoms. The molecule has 2 aromatic rings. The third-order valence-corrected chi connectivity index (χ3v) is 11.8. The summed E-state index contributed by atoms with van der Waals surface area (Å²) in [5.74, 6) is 0.524. The van der Waals surface area contributed by atoms with Gasteiger partial charge in [-0.25, -0.2) is 26.4 Å². The lowest BCUT2D eigenvalue weighted by Gasteiger charge is -2.38. The lowest BCUT2D eigenvalue weighted by atomic mass is 9.88. The Morgan fingerprint density at radius 1 is 1.15 bits per heavy atom. The zero-order valence-electron chi connectivity index (χ0n) is 27.3. The fourth-order valence-electron chi connectivity index (χ4n) is 5.62. The van der Waals surface area contributed by atoms with Crippen molar-refractivity contribution in [3.8, 4) is 11.5 Å². The molecule has 0 saturated carbocycles. The Hall–Kier alpha value is -2.47. The van der Waals surface area contributed by atoms with Crippen molar-refractivity contribution in [2.45, 2.75) is 80.1 Å². The lowest BCUT2D eigenvalue weighted by Crippen LogP contribution is -2.50. The zero-order valence-corrected chi connectivity index (χ0v) is 30.5. The van der Waals surface area contributed by atoms with Gasteiger partial charge in [-0.2, -0.15) is 4.31 Å². The number of piperidine rings is 1. The minimum absolute atomic E-state index is 0.0150. The summed E-state index contributed by atoms with van der Waals surface area (Å²) in [5, 5.41) is 10.9. The third kappa shape index (κ3) is 9.37. The second kappa shape index (κ2) is 15.0. The van der Waals surface area contributed by atoms with Crippen molar-refractivity contribution in [1.29, 1.82) is 0 Å². The first-order valence-corrected chi connectivity index (χ1v) is 19.1. The van der Waals surface area contributed by atoms with Gasteiger partial charge < -0.3 is 29.0 Å². The van der Waals surface area contributed by atoms with Gasteiger partial charge in [0.2, 0.25) is 20.0 Å². The van der Waals surface area contributed by atoms with Crippen LogP contribution in [0.3, 0.4) is 0 Å². The van der Waals surface area contributed by atoms with Gasteiger partial charge in [-0.15, -0.1) is 0 Å². The van der Waals surface area contributed by atoms with E-state index in [0.717, 1.165) is 0 Å². The van der Waals surface area contributed by atoms with Gasteiger partial charge in [0.1, 0.15) is 34.7 Å². The number of carbonyl (C=O) groups excluding carboxylic acids is 1. The van der Waals surface area contributed by atoms with Crippen molar-refractivity contribution >= 4 is 42.1 Å². The molecule has 0 bridgehead atoms. The monoisotopic (exact) mass is 761 g/mol. The first-order valence-electron chi connectivity index (χ1n) is 15.4. The molecule has 262 valence electrons. The number of aliphatic hydroxyl groups is 1. The summed E-state index contributed by atoms with van der Waals surface area (Å²) in [6.07, 6.45) is -0.490. The maximum Gasteiger partial charge on any atom is 0.410 e. The summed E-state index contributed by atoms with van der Waals surface area (Å²) < 4.78 is 79.2. The highest BCUT2D eigenvalue weighted by molar-refractivity contribution is 9.10. The van der Waals surface area contributed by atoms with E-state index in [9.17, 15) is 26.7 Å². The average Bonchev–Trinajstić information content (AvgIpc) is 3.41. The van der Waals surface area contributed by atoms with Crippen molar-refractivity contribution in [2.75, 3.05) is 46.5 Å². The van der Waals surface area contributed by atoms with Crippen LogP contribution in [0.15, 0.2) is 56.7 Å². The predicted octanol–water partition coefficient (Wildman–Crippen LogP) is 3.75. The Labute approximate surface area is 285 Å². The van der Waals surface area contributed by atoms with Crippen molar-refractivity contribution in [1.82, 2.24) is 13.9 Å². The number of carbonyl (C=O) groups is 1. The van der Waals surface area contributed by atoms with Crippen LogP contribution in [0.25, 0.3) is 0 Å². The molecule has 0 unspecified atom stereocenters. The van der Waals surface area contributed by atoms with Crippen molar-refractivity contribution < 1.29 is 45.7 Å². The quantitative estimate of drug-likeness (QED) is 0.326. The van der Waals surface area contributed by atoms with E-state index in [-0.39, 0.29) is 54.1 Å². The van der Waals surface area contributed by atoms with Crippen molar-refractivity contribution in [3.05, 3.63) is 46.9 Å². The number of nitrogens with one attached hydrogen (secondary N) is 1. The van der Waals surface area contributed by atoms with Gasteiger partial charge in [-0.05, 0) is 84.3 Å². The number of hydrogen-bond donors (Lipinski definition) is 2. The number of aliphatic hydroxyl groups excluding tert-OH is 1. The minimum Gasteiger partial charge on any atom is -0.492 e. The second-order valence-electron chi connectivity index (χ2n) is 12.6. The van der Waals surface area contributed by atoms with Crippen LogP contribution >= 0.6 is 15.9 Å². The van der Waals surface area contributed by atoms with Crippen LogP contribution in [0.1, 0.15) is 47.0 Å². The summed E-state index contributed by atoms with van der Waals surface area (Å²) in [4.78, 5) is 14.9. The topological polar surface area (TPSA) is 161 Å². The Balaban J connectivity index is 1.43. The molecule has 0 aliphatic carbocycles. The van der Waals surface area contributed by atoms with Crippen LogP contribution in [0.5, 0.6) is 11.5 Å². The van der Waals surface area contributed by atoms with Crippen LogP contribution in [0, 0.1) is 0 Å². The van der Waals surface area contributed by atoms with E-state index in [0.29, 0.717) is 30.3 Å². The van der Waals surface area contributed by atoms with Gasteiger partial charge >= 0.3 is 6.09 Å². The Morgan fingerprint density at radius 3 is 2.49 bits per heavy atom. The van der Waals surface area contributed by atoms with Crippen LogP contribution < -0.4 is 14.2 Å². The summed E-state index contributed by atoms with van der Waals surface area (Å²) in [6.45, 7) is 7.65. The number of hydrogen-bond acceptors (Lipinski definition) is 10. The molecule has 1 amide bonds. The molecule has 2 aliphatic heterocycles. The number of sulfonamides is 2. The highest BCUT2D eigenvalue weighted by Gasteiger charge is 2.48. The molecule has 2 fully saturated rings. The molecule has 2 heterocycles. The Kier molecular flexibility index (Phi) is 11.9. The van der Waals surface area contributed by atoms with E-state index >= 15 is 0 Å². The Bertz CT molecular complexity index is 1620. The zero-order chi connectivity index (χ0) is 34.6. The van der Waals surface area contributed by atoms with Gasteiger partial charge in [-0.3, -0.25) is 0 Å². The molecular formula is C31H44BrN3O10S2. The van der Waals surface area contributed by atoms with Crippen LogP contribution in [-0.4, -0.2) is 107 Å². The maximum absolute atomic E-state index is 13.6. The summed E-state index contributed by atoms with van der Waals surface area (Å²) in [5.41, 5.74) is -1.44. The van der Waals surface area contributed by atoms with E-state index in [2.05, 4.69) is 20.7 Å². The number of rotatable bonds is 12. The summed E-state index contributed by atoms with van der Waals surface area (Å²) in [7, 11) is -6.21. The minimum atomic E-state index is -3.84. The Morgan fingerprint density at radius 2 is 1.85 bits per heavy atom. The lowest BCUT2D eigenvalue weighted by molar-refractivity contribution is -0.0329. The number of benzene rings is 2. The number of nitrogens with zero attached hydrogens (tertiary/aromatic N) is 2. The number of amides is 1. The molecule has 0 radical (unpaired) electrons. The third-order valence-electron chi connectivity index (χ3n) is 7.95. The molecular weight excluding hydrogens is 718 g/mol. The highest BCUT2D eigenvalue weighted by atomic mass is 79.9. The SMILES string of the molecule is CCOc1cc(Br)ccc1S(=O)(=O)N1CCC2(CC1)C[C@H](N(C[C@H](O)COc1cccc(S(=O)(=O)NC)c1)C(=O)OC(C)(C)C)CO2. The fourth-order valence-corrected chi connectivity index (χ4v) is 8.28.